The van der Waals surface area contributed by atoms with Crippen LogP contribution in [0, 0.1) is 13.8 Å². The predicted molar refractivity (Wildman–Crippen MR) is 67.1 cm³/mol. The van der Waals surface area contributed by atoms with Gasteiger partial charge in [0.15, 0.2) is 0 Å². The molecule has 1 atom stereocenters. The van der Waals surface area contributed by atoms with Gasteiger partial charge in [0, 0.05) is 12.6 Å². The molecule has 0 bridgehead atoms. The summed E-state index contributed by atoms with van der Waals surface area (Å²) in [6, 6.07) is 0.277. The summed E-state index contributed by atoms with van der Waals surface area (Å²) in [6.07, 6.45) is 0.862. The van der Waals surface area contributed by atoms with Crippen molar-refractivity contribution in [3.05, 3.63) is 11.4 Å². The third-order valence-electron chi connectivity index (χ3n) is 3.10. The van der Waals surface area contributed by atoms with Gasteiger partial charge >= 0.3 is 0 Å². The van der Waals surface area contributed by atoms with E-state index >= 15 is 0 Å². The molecule has 1 aliphatic rings. The first-order valence-corrected chi connectivity index (χ1v) is 6.09. The number of nitrogens with zero attached hydrogens (tertiary/aromatic N) is 2. The van der Waals surface area contributed by atoms with Gasteiger partial charge in [0.05, 0.1) is 23.1 Å². The molecule has 0 aromatic carbocycles. The summed E-state index contributed by atoms with van der Waals surface area (Å²) in [5.41, 5.74) is 2.80. The van der Waals surface area contributed by atoms with E-state index in [2.05, 4.69) is 29.4 Å². The first kappa shape index (κ1) is 12.1. The van der Waals surface area contributed by atoms with E-state index in [0.717, 1.165) is 30.0 Å². The van der Waals surface area contributed by atoms with Crippen molar-refractivity contribution < 1.29 is 4.79 Å². The number of nitrogens with one attached hydrogen (secondary N) is 2. The molecular weight excluding hydrogens is 216 g/mol. The Hall–Kier alpha value is -1.36. The number of amides is 1. The van der Waals surface area contributed by atoms with Gasteiger partial charge < -0.3 is 10.2 Å². The average molecular weight is 236 g/mol. The van der Waals surface area contributed by atoms with E-state index in [-0.39, 0.29) is 11.9 Å². The predicted octanol–water partition coefficient (Wildman–Crippen LogP) is 1.13. The van der Waals surface area contributed by atoms with Gasteiger partial charge in [-0.25, -0.2) is 0 Å². The highest BCUT2D eigenvalue weighted by Gasteiger charge is 2.34. The van der Waals surface area contributed by atoms with E-state index in [1.54, 1.807) is 0 Å². The van der Waals surface area contributed by atoms with Gasteiger partial charge in [0.2, 0.25) is 5.91 Å². The zero-order valence-corrected chi connectivity index (χ0v) is 10.9. The highest BCUT2D eigenvalue weighted by molar-refractivity contribution is 6.00. The molecular formula is C12H20N4O. The molecule has 2 rings (SSSR count). The summed E-state index contributed by atoms with van der Waals surface area (Å²) >= 11 is 0. The molecule has 1 fully saturated rings. The molecule has 94 valence electrons. The smallest absolute Gasteiger partial charge is 0.244 e. The summed E-state index contributed by atoms with van der Waals surface area (Å²) in [6.45, 7) is 8.76. The van der Waals surface area contributed by atoms with Crippen molar-refractivity contribution in [3.63, 3.8) is 0 Å². The number of hydrogen-bond acceptors (Lipinski definition) is 3. The number of rotatable bonds is 3. The third kappa shape index (κ3) is 2.20. The van der Waals surface area contributed by atoms with Gasteiger partial charge in [-0.15, -0.1) is 0 Å². The maximum atomic E-state index is 12.3. The average Bonchev–Trinajstić information content (AvgIpc) is 2.73. The zero-order chi connectivity index (χ0) is 12.6. The Bertz CT molecular complexity index is 405. The first-order valence-electron chi connectivity index (χ1n) is 6.09. The number of carbonyl (C=O) groups excluding carboxylic acids is 1. The molecule has 5 heteroatoms. The molecule has 0 saturated carbocycles. The van der Waals surface area contributed by atoms with Gasteiger partial charge in [-0.3, -0.25) is 9.89 Å². The van der Waals surface area contributed by atoms with Crippen LogP contribution in [-0.4, -0.2) is 34.7 Å². The number of aryl methyl sites for hydroxylation is 2. The number of aromatic amines is 1. The maximum Gasteiger partial charge on any atom is 0.244 e. The van der Waals surface area contributed by atoms with Crippen molar-refractivity contribution in [3.8, 4) is 0 Å². The Morgan fingerprint density at radius 1 is 1.47 bits per heavy atom. The molecule has 2 heterocycles. The van der Waals surface area contributed by atoms with Crippen LogP contribution in [0.5, 0.6) is 0 Å². The fourth-order valence-electron chi connectivity index (χ4n) is 2.40. The van der Waals surface area contributed by atoms with E-state index < -0.39 is 0 Å². The summed E-state index contributed by atoms with van der Waals surface area (Å²) in [4.78, 5) is 14.1. The van der Waals surface area contributed by atoms with E-state index in [4.69, 9.17) is 0 Å². The van der Waals surface area contributed by atoms with Crippen molar-refractivity contribution in [1.82, 2.24) is 15.5 Å². The van der Waals surface area contributed by atoms with Crippen molar-refractivity contribution in [2.24, 2.45) is 0 Å². The molecule has 17 heavy (non-hydrogen) atoms. The second-order valence-electron chi connectivity index (χ2n) is 4.94. The van der Waals surface area contributed by atoms with E-state index in [9.17, 15) is 4.79 Å². The van der Waals surface area contributed by atoms with Crippen LogP contribution in [0.1, 0.15) is 31.7 Å². The molecule has 1 saturated heterocycles. The van der Waals surface area contributed by atoms with Crippen LogP contribution >= 0.6 is 0 Å². The van der Waals surface area contributed by atoms with Crippen LogP contribution in [0.3, 0.4) is 0 Å². The second kappa shape index (κ2) is 4.49. The van der Waals surface area contributed by atoms with Gasteiger partial charge in [-0.05, 0) is 20.3 Å². The lowest BCUT2D eigenvalue weighted by Crippen LogP contribution is -2.41. The van der Waals surface area contributed by atoms with Crippen molar-refractivity contribution in [2.75, 3.05) is 11.4 Å². The minimum Gasteiger partial charge on any atom is -0.308 e. The fraction of sp³-hybridized carbons (Fsp3) is 0.667. The molecule has 1 aliphatic heterocycles. The van der Waals surface area contributed by atoms with Crippen LogP contribution < -0.4 is 10.2 Å². The van der Waals surface area contributed by atoms with E-state index in [1.807, 2.05) is 18.7 Å². The highest BCUT2D eigenvalue weighted by Crippen LogP contribution is 2.26. The molecule has 5 nitrogen and oxygen atoms in total. The summed E-state index contributed by atoms with van der Waals surface area (Å²) in [7, 11) is 0. The Labute approximate surface area is 102 Å². The Morgan fingerprint density at radius 3 is 2.71 bits per heavy atom. The lowest BCUT2D eigenvalue weighted by molar-refractivity contribution is -0.119. The summed E-state index contributed by atoms with van der Waals surface area (Å²) in [5.74, 6) is 0.159. The second-order valence-corrected chi connectivity index (χ2v) is 4.94. The quantitative estimate of drug-likeness (QED) is 0.827. The highest BCUT2D eigenvalue weighted by atomic mass is 16.2. The number of H-pyrrole nitrogens is 1. The summed E-state index contributed by atoms with van der Waals surface area (Å²) < 4.78 is 0. The normalized spacial score (nSPS) is 20.6. The minimum atomic E-state index is -0.0521. The van der Waals surface area contributed by atoms with Crippen LogP contribution in [-0.2, 0) is 4.79 Å². The molecule has 0 spiro atoms. The van der Waals surface area contributed by atoms with E-state index in [0.29, 0.717) is 6.04 Å². The van der Waals surface area contributed by atoms with Gasteiger partial charge in [-0.1, -0.05) is 13.8 Å². The maximum absolute atomic E-state index is 12.3. The Morgan fingerprint density at radius 2 is 2.18 bits per heavy atom. The molecule has 1 unspecified atom stereocenters. The SMILES string of the molecule is Cc1n[nH]c(C)c1N1CCC(NC(C)C)C1=O. The monoisotopic (exact) mass is 236 g/mol. The number of aromatic nitrogens is 2. The van der Waals surface area contributed by atoms with Crippen molar-refractivity contribution >= 4 is 11.6 Å². The molecule has 1 aromatic rings. The molecule has 0 radical (unpaired) electrons. The van der Waals surface area contributed by atoms with Crippen LogP contribution in [0.25, 0.3) is 0 Å². The van der Waals surface area contributed by atoms with E-state index in [1.165, 1.54) is 0 Å². The Kier molecular flexibility index (Phi) is 3.19. The van der Waals surface area contributed by atoms with Crippen LogP contribution in [0.15, 0.2) is 0 Å². The standard InChI is InChI=1S/C12H20N4O/c1-7(2)13-10-5-6-16(12(10)17)11-8(3)14-15-9(11)4/h7,10,13H,5-6H2,1-4H3,(H,14,15). The minimum absolute atomic E-state index is 0.0521. The molecule has 1 amide bonds. The summed E-state index contributed by atoms with van der Waals surface area (Å²) in [5, 5.41) is 10.4. The first-order chi connectivity index (χ1) is 8.00. The van der Waals surface area contributed by atoms with Gasteiger partial charge in [0.25, 0.3) is 0 Å². The largest absolute Gasteiger partial charge is 0.308 e. The lowest BCUT2D eigenvalue weighted by atomic mass is 10.2. The van der Waals surface area contributed by atoms with Crippen LogP contribution in [0.4, 0.5) is 5.69 Å². The van der Waals surface area contributed by atoms with Gasteiger partial charge in [0.1, 0.15) is 0 Å². The molecule has 1 aromatic heterocycles. The van der Waals surface area contributed by atoms with Crippen molar-refractivity contribution in [1.29, 1.82) is 0 Å². The molecule has 2 N–H and O–H groups in total. The topological polar surface area (TPSA) is 61.0 Å². The molecule has 0 aliphatic carbocycles. The van der Waals surface area contributed by atoms with Gasteiger partial charge in [-0.2, -0.15) is 5.10 Å². The lowest BCUT2D eigenvalue weighted by Gasteiger charge is -2.18. The Balaban J connectivity index is 2.18. The van der Waals surface area contributed by atoms with Crippen molar-refractivity contribution in [2.45, 2.75) is 46.2 Å². The zero-order valence-electron chi connectivity index (χ0n) is 10.9. The number of carbonyl (C=O) groups is 1. The fourth-order valence-corrected chi connectivity index (χ4v) is 2.40. The number of anilines is 1. The number of hydrogen-bond donors (Lipinski definition) is 2. The third-order valence-corrected chi connectivity index (χ3v) is 3.10. The van der Waals surface area contributed by atoms with Crippen LogP contribution in [0.2, 0.25) is 0 Å².